The fraction of sp³-hybridized carbons (Fsp3) is 0.364. The summed E-state index contributed by atoms with van der Waals surface area (Å²) in [5.41, 5.74) is -0.0472. The number of nitrogens with two attached hydrogens (primary N) is 1. The van der Waals surface area contributed by atoms with Crippen LogP contribution in [0.3, 0.4) is 0 Å². The van der Waals surface area contributed by atoms with Crippen LogP contribution < -0.4 is 10.0 Å². The molecule has 1 aliphatic rings. The number of hydrogen-bond acceptors (Lipinski definition) is 6. The van der Waals surface area contributed by atoms with Gasteiger partial charge >= 0.3 is 0 Å². The summed E-state index contributed by atoms with van der Waals surface area (Å²) in [6.45, 7) is -0.224. The van der Waals surface area contributed by atoms with E-state index in [9.17, 15) is 26.7 Å². The summed E-state index contributed by atoms with van der Waals surface area (Å²) in [6.07, 6.45) is 0.684. The minimum atomic E-state index is -3.89. The third kappa shape index (κ3) is 3.17. The minimum absolute atomic E-state index is 0.0472. The quantitative estimate of drug-likeness (QED) is 0.742. The lowest BCUT2D eigenvalue weighted by atomic mass is 10.2. The third-order valence-corrected chi connectivity index (χ3v) is 5.58. The van der Waals surface area contributed by atoms with Gasteiger partial charge in [0.25, 0.3) is 0 Å². The molecular formula is C11H14N2O6S2. The zero-order chi connectivity index (χ0) is 16.0. The van der Waals surface area contributed by atoms with Crippen molar-refractivity contribution in [3.05, 3.63) is 18.2 Å². The number of rotatable bonds is 3. The van der Waals surface area contributed by atoms with Crippen LogP contribution in [-0.4, -0.2) is 45.9 Å². The fourth-order valence-corrected chi connectivity index (χ4v) is 3.45. The molecule has 1 atom stereocenters. The van der Waals surface area contributed by atoms with Gasteiger partial charge in [0.05, 0.1) is 10.6 Å². The van der Waals surface area contributed by atoms with Gasteiger partial charge in [-0.15, -0.1) is 0 Å². The molecule has 3 N–H and O–H groups in total. The first-order chi connectivity index (χ1) is 9.50. The summed E-state index contributed by atoms with van der Waals surface area (Å²) in [7, 11) is -7.41. The molecule has 1 amide bonds. The van der Waals surface area contributed by atoms with Gasteiger partial charge in [0.1, 0.15) is 11.0 Å². The SMILES string of the molecule is CS(=O)(=O)c1ccc(O)c(N2CC(S(N)(=O)=O)CC2=O)c1. The number of primary sulfonamides is 1. The van der Waals surface area contributed by atoms with Gasteiger partial charge in [0, 0.05) is 19.2 Å². The molecule has 1 unspecified atom stereocenters. The van der Waals surface area contributed by atoms with Crippen LogP contribution >= 0.6 is 0 Å². The summed E-state index contributed by atoms with van der Waals surface area (Å²) >= 11 is 0. The maximum absolute atomic E-state index is 11.9. The third-order valence-electron chi connectivity index (χ3n) is 3.22. The molecule has 0 aromatic heterocycles. The summed E-state index contributed by atoms with van der Waals surface area (Å²) in [4.78, 5) is 12.8. The predicted molar refractivity (Wildman–Crippen MR) is 75.1 cm³/mol. The van der Waals surface area contributed by atoms with E-state index < -0.39 is 31.0 Å². The second-order valence-electron chi connectivity index (χ2n) is 4.84. The Kier molecular flexibility index (Phi) is 3.72. The Morgan fingerprint density at radius 1 is 1.29 bits per heavy atom. The summed E-state index contributed by atoms with van der Waals surface area (Å²) in [5.74, 6) is -0.860. The van der Waals surface area contributed by atoms with Crippen molar-refractivity contribution in [1.82, 2.24) is 0 Å². The molecule has 1 aromatic carbocycles. The van der Waals surface area contributed by atoms with Crippen molar-refractivity contribution in [2.75, 3.05) is 17.7 Å². The molecule has 2 rings (SSSR count). The van der Waals surface area contributed by atoms with Crippen molar-refractivity contribution in [2.45, 2.75) is 16.6 Å². The fourth-order valence-electron chi connectivity index (χ4n) is 2.08. The molecule has 10 heteroatoms. The molecule has 0 bridgehead atoms. The molecule has 21 heavy (non-hydrogen) atoms. The van der Waals surface area contributed by atoms with Gasteiger partial charge in [-0.1, -0.05) is 0 Å². The van der Waals surface area contributed by atoms with E-state index >= 15 is 0 Å². The molecule has 8 nitrogen and oxygen atoms in total. The second kappa shape index (κ2) is 4.97. The smallest absolute Gasteiger partial charge is 0.228 e. The highest BCUT2D eigenvalue weighted by molar-refractivity contribution is 7.90. The highest BCUT2D eigenvalue weighted by atomic mass is 32.2. The number of carbonyl (C=O) groups is 1. The molecule has 1 heterocycles. The Bertz CT molecular complexity index is 800. The van der Waals surface area contributed by atoms with E-state index in [-0.39, 0.29) is 29.3 Å². The van der Waals surface area contributed by atoms with Crippen LogP contribution in [0.2, 0.25) is 0 Å². The molecule has 0 radical (unpaired) electrons. The van der Waals surface area contributed by atoms with E-state index in [1.165, 1.54) is 6.07 Å². The van der Waals surface area contributed by atoms with Crippen molar-refractivity contribution >= 4 is 31.5 Å². The normalized spacial score (nSPS) is 20.0. The van der Waals surface area contributed by atoms with E-state index in [1.807, 2.05) is 0 Å². The molecule has 0 saturated carbocycles. The van der Waals surface area contributed by atoms with Crippen LogP contribution in [0.1, 0.15) is 6.42 Å². The average molecular weight is 334 g/mol. The van der Waals surface area contributed by atoms with Gasteiger partial charge in [0.2, 0.25) is 15.9 Å². The van der Waals surface area contributed by atoms with Crippen LogP contribution in [0.15, 0.2) is 23.1 Å². The lowest BCUT2D eigenvalue weighted by Gasteiger charge is -2.18. The van der Waals surface area contributed by atoms with Crippen molar-refractivity contribution < 1.29 is 26.7 Å². The zero-order valence-corrected chi connectivity index (χ0v) is 12.7. The van der Waals surface area contributed by atoms with E-state index in [0.717, 1.165) is 23.3 Å². The monoisotopic (exact) mass is 334 g/mol. The number of benzene rings is 1. The molecule has 1 aliphatic heterocycles. The van der Waals surface area contributed by atoms with Gasteiger partial charge in [0.15, 0.2) is 9.84 Å². The summed E-state index contributed by atoms with van der Waals surface area (Å²) < 4.78 is 45.6. The molecule has 1 aromatic rings. The maximum atomic E-state index is 11.9. The van der Waals surface area contributed by atoms with Crippen molar-refractivity contribution in [1.29, 1.82) is 0 Å². The first-order valence-electron chi connectivity index (χ1n) is 5.85. The van der Waals surface area contributed by atoms with E-state index in [0.29, 0.717) is 0 Å². The minimum Gasteiger partial charge on any atom is -0.506 e. The van der Waals surface area contributed by atoms with Gasteiger partial charge < -0.3 is 10.0 Å². The predicted octanol–water partition coefficient (Wildman–Crippen LogP) is -0.810. The average Bonchev–Trinajstić information content (AvgIpc) is 2.70. The number of sulfonamides is 1. The highest BCUT2D eigenvalue weighted by Gasteiger charge is 2.38. The number of carbonyl (C=O) groups excluding carboxylic acids is 1. The van der Waals surface area contributed by atoms with Crippen LogP contribution in [0.25, 0.3) is 0 Å². The largest absolute Gasteiger partial charge is 0.506 e. The summed E-state index contributed by atoms with van der Waals surface area (Å²) in [5, 5.41) is 13.7. The molecule has 1 saturated heterocycles. The Morgan fingerprint density at radius 3 is 2.38 bits per heavy atom. The van der Waals surface area contributed by atoms with Crippen molar-refractivity contribution in [3.63, 3.8) is 0 Å². The van der Waals surface area contributed by atoms with E-state index in [1.54, 1.807) is 0 Å². The van der Waals surface area contributed by atoms with Crippen LogP contribution in [-0.2, 0) is 24.7 Å². The number of aromatic hydroxyl groups is 1. The van der Waals surface area contributed by atoms with Gasteiger partial charge in [-0.05, 0) is 18.2 Å². The Morgan fingerprint density at radius 2 is 1.90 bits per heavy atom. The number of phenolic OH excluding ortho intramolecular Hbond substituents is 1. The molecule has 0 aliphatic carbocycles. The molecule has 1 fully saturated rings. The van der Waals surface area contributed by atoms with Crippen LogP contribution in [0.5, 0.6) is 5.75 Å². The van der Waals surface area contributed by atoms with Crippen molar-refractivity contribution in [2.24, 2.45) is 5.14 Å². The lowest BCUT2D eigenvalue weighted by molar-refractivity contribution is -0.117. The number of amides is 1. The van der Waals surface area contributed by atoms with Gasteiger partial charge in [-0.2, -0.15) is 0 Å². The first kappa shape index (κ1) is 15.7. The Hall–Kier alpha value is -1.65. The molecular weight excluding hydrogens is 320 g/mol. The lowest BCUT2D eigenvalue weighted by Crippen LogP contribution is -2.32. The van der Waals surface area contributed by atoms with Crippen LogP contribution in [0.4, 0.5) is 5.69 Å². The molecule has 116 valence electrons. The molecule has 0 spiro atoms. The Balaban J connectivity index is 2.46. The van der Waals surface area contributed by atoms with Crippen molar-refractivity contribution in [3.8, 4) is 5.75 Å². The van der Waals surface area contributed by atoms with E-state index in [4.69, 9.17) is 5.14 Å². The zero-order valence-electron chi connectivity index (χ0n) is 11.1. The number of anilines is 1. The van der Waals surface area contributed by atoms with Gasteiger partial charge in [-0.25, -0.2) is 22.0 Å². The van der Waals surface area contributed by atoms with Crippen LogP contribution in [0, 0.1) is 0 Å². The van der Waals surface area contributed by atoms with E-state index in [2.05, 4.69) is 0 Å². The standard InChI is InChI=1S/C11H14N2O6S2/c1-20(16,17)7-2-3-10(14)9(4-7)13-6-8(5-11(13)15)21(12,18)19/h2-4,8,14H,5-6H2,1H3,(H2,12,18,19). The van der Waals surface area contributed by atoms with Gasteiger partial charge in [-0.3, -0.25) is 4.79 Å². The first-order valence-corrected chi connectivity index (χ1v) is 9.35. The number of phenols is 1. The number of sulfone groups is 1. The number of hydrogen-bond donors (Lipinski definition) is 2. The number of nitrogens with zero attached hydrogens (tertiary/aromatic N) is 1. The highest BCUT2D eigenvalue weighted by Crippen LogP contribution is 2.33. The Labute approximate surface area is 122 Å². The second-order valence-corrected chi connectivity index (χ2v) is 8.70. The maximum Gasteiger partial charge on any atom is 0.228 e. The topological polar surface area (TPSA) is 135 Å². The summed E-state index contributed by atoms with van der Waals surface area (Å²) in [6, 6.07) is 3.48.